The monoisotopic (exact) mass is 279 g/mol. The quantitative estimate of drug-likeness (QED) is 0.914. The fourth-order valence-corrected chi connectivity index (χ4v) is 1.79. The Hall–Kier alpha value is -1.88. The number of carbonyl (C=O) groups excluding carboxylic acids is 1. The Labute approximate surface area is 116 Å². The summed E-state index contributed by atoms with van der Waals surface area (Å²) in [6, 6.07) is 7.25. The number of nitrogens with zero attached hydrogens (tertiary/aromatic N) is 2. The van der Waals surface area contributed by atoms with Gasteiger partial charge in [-0.2, -0.15) is 4.98 Å². The number of carbonyl (C=O) groups is 1. The van der Waals surface area contributed by atoms with E-state index in [1.807, 2.05) is 25.1 Å². The molecule has 0 aliphatic rings. The lowest BCUT2D eigenvalue weighted by molar-refractivity contribution is -0.121. The Morgan fingerprint density at radius 1 is 1.42 bits per heavy atom. The van der Waals surface area contributed by atoms with Crippen molar-refractivity contribution in [2.45, 2.75) is 26.3 Å². The third-order valence-electron chi connectivity index (χ3n) is 2.50. The Morgan fingerprint density at radius 2 is 2.21 bits per heavy atom. The summed E-state index contributed by atoms with van der Waals surface area (Å²) in [6.07, 6.45) is 1.30. The van der Waals surface area contributed by atoms with E-state index in [1.165, 1.54) is 0 Å². The van der Waals surface area contributed by atoms with E-state index in [1.54, 1.807) is 6.07 Å². The number of hydrogen-bond donors (Lipinski definition) is 1. The number of rotatable bonds is 5. The van der Waals surface area contributed by atoms with Gasteiger partial charge in [-0.05, 0) is 18.6 Å². The van der Waals surface area contributed by atoms with Crippen molar-refractivity contribution in [3.05, 3.63) is 35.2 Å². The molecule has 5 nitrogen and oxygen atoms in total. The summed E-state index contributed by atoms with van der Waals surface area (Å²) < 4.78 is 5.07. The van der Waals surface area contributed by atoms with E-state index in [-0.39, 0.29) is 12.5 Å². The van der Waals surface area contributed by atoms with Gasteiger partial charge in [0, 0.05) is 12.0 Å². The van der Waals surface area contributed by atoms with E-state index in [2.05, 4.69) is 15.5 Å². The van der Waals surface area contributed by atoms with Gasteiger partial charge in [0.15, 0.2) is 0 Å². The van der Waals surface area contributed by atoms with Gasteiger partial charge in [-0.15, -0.1) is 0 Å². The van der Waals surface area contributed by atoms with Crippen molar-refractivity contribution in [1.82, 2.24) is 15.5 Å². The molecule has 100 valence electrons. The summed E-state index contributed by atoms with van der Waals surface area (Å²) in [5.74, 6) is 0.754. The predicted molar refractivity (Wildman–Crippen MR) is 71.5 cm³/mol. The SMILES string of the molecule is CCCC(=O)NCc1nc(-c2ccccc2Cl)no1. The third-order valence-corrected chi connectivity index (χ3v) is 2.83. The summed E-state index contributed by atoms with van der Waals surface area (Å²) in [4.78, 5) is 15.5. The van der Waals surface area contributed by atoms with Crippen LogP contribution in [0.3, 0.4) is 0 Å². The van der Waals surface area contributed by atoms with Crippen LogP contribution in [0.5, 0.6) is 0 Å². The molecule has 2 aromatic rings. The lowest BCUT2D eigenvalue weighted by atomic mass is 10.2. The highest BCUT2D eigenvalue weighted by Gasteiger charge is 2.11. The molecular weight excluding hydrogens is 266 g/mol. The van der Waals surface area contributed by atoms with Crippen LogP contribution >= 0.6 is 11.6 Å². The number of halogens is 1. The molecule has 0 fully saturated rings. The number of amides is 1. The summed E-state index contributed by atoms with van der Waals surface area (Å²) in [5, 5.41) is 7.12. The van der Waals surface area contributed by atoms with Gasteiger partial charge in [0.2, 0.25) is 17.6 Å². The molecule has 1 N–H and O–H groups in total. The van der Waals surface area contributed by atoms with Crippen LogP contribution in [0.25, 0.3) is 11.4 Å². The summed E-state index contributed by atoms with van der Waals surface area (Å²) in [7, 11) is 0. The number of nitrogens with one attached hydrogen (secondary N) is 1. The second kappa shape index (κ2) is 6.33. The van der Waals surface area contributed by atoms with Crippen LogP contribution in [0, 0.1) is 0 Å². The van der Waals surface area contributed by atoms with Crippen molar-refractivity contribution in [3.8, 4) is 11.4 Å². The van der Waals surface area contributed by atoms with Crippen molar-refractivity contribution < 1.29 is 9.32 Å². The Balaban J connectivity index is 2.04. The highest BCUT2D eigenvalue weighted by Crippen LogP contribution is 2.24. The standard InChI is InChI=1S/C13H14ClN3O2/c1-2-5-11(18)15-8-12-16-13(17-19-12)9-6-3-4-7-10(9)14/h3-4,6-7H,2,5,8H2,1H3,(H,15,18). The predicted octanol–water partition coefficient (Wildman–Crippen LogP) is 2.81. The van der Waals surface area contributed by atoms with Crippen LogP contribution in [0.4, 0.5) is 0 Å². The van der Waals surface area contributed by atoms with Crippen LogP contribution in [0.2, 0.25) is 5.02 Å². The van der Waals surface area contributed by atoms with Crippen molar-refractivity contribution in [3.63, 3.8) is 0 Å². The molecule has 1 aromatic carbocycles. The second-order valence-electron chi connectivity index (χ2n) is 4.02. The van der Waals surface area contributed by atoms with Gasteiger partial charge < -0.3 is 9.84 Å². The molecule has 0 bridgehead atoms. The first-order chi connectivity index (χ1) is 9.20. The highest BCUT2D eigenvalue weighted by atomic mass is 35.5. The molecule has 0 radical (unpaired) electrons. The van der Waals surface area contributed by atoms with E-state index in [9.17, 15) is 4.79 Å². The number of benzene rings is 1. The van der Waals surface area contributed by atoms with E-state index < -0.39 is 0 Å². The van der Waals surface area contributed by atoms with Crippen LogP contribution in [-0.4, -0.2) is 16.0 Å². The average Bonchev–Trinajstić information content (AvgIpc) is 2.86. The lowest BCUT2D eigenvalue weighted by Gasteiger charge is -1.99. The lowest BCUT2D eigenvalue weighted by Crippen LogP contribution is -2.22. The minimum absolute atomic E-state index is 0.0278. The maximum atomic E-state index is 11.3. The molecule has 2 rings (SSSR count). The third kappa shape index (κ3) is 3.54. The molecule has 0 aliphatic heterocycles. The van der Waals surface area contributed by atoms with Crippen LogP contribution in [-0.2, 0) is 11.3 Å². The molecule has 0 aliphatic carbocycles. The first-order valence-electron chi connectivity index (χ1n) is 6.05. The smallest absolute Gasteiger partial charge is 0.246 e. The molecule has 1 aromatic heterocycles. The van der Waals surface area contributed by atoms with Gasteiger partial charge in [-0.25, -0.2) is 0 Å². The molecule has 0 spiro atoms. The van der Waals surface area contributed by atoms with Gasteiger partial charge in [-0.3, -0.25) is 4.79 Å². The Bertz CT molecular complexity index is 569. The molecule has 19 heavy (non-hydrogen) atoms. The minimum atomic E-state index is -0.0278. The molecule has 6 heteroatoms. The van der Waals surface area contributed by atoms with E-state index in [0.29, 0.717) is 28.7 Å². The first-order valence-corrected chi connectivity index (χ1v) is 6.42. The highest BCUT2D eigenvalue weighted by molar-refractivity contribution is 6.33. The molecule has 0 unspecified atom stereocenters. The topological polar surface area (TPSA) is 68.0 Å². The van der Waals surface area contributed by atoms with E-state index in [4.69, 9.17) is 16.1 Å². The van der Waals surface area contributed by atoms with Crippen molar-refractivity contribution in [1.29, 1.82) is 0 Å². The van der Waals surface area contributed by atoms with Crippen molar-refractivity contribution in [2.75, 3.05) is 0 Å². The minimum Gasteiger partial charge on any atom is -0.347 e. The van der Waals surface area contributed by atoms with Gasteiger partial charge in [-0.1, -0.05) is 35.8 Å². The van der Waals surface area contributed by atoms with Crippen LogP contribution < -0.4 is 5.32 Å². The van der Waals surface area contributed by atoms with Gasteiger partial charge in [0.25, 0.3) is 0 Å². The van der Waals surface area contributed by atoms with Crippen LogP contribution in [0.1, 0.15) is 25.7 Å². The van der Waals surface area contributed by atoms with Gasteiger partial charge in [0.1, 0.15) is 0 Å². The first kappa shape index (κ1) is 13.5. The zero-order valence-corrected chi connectivity index (χ0v) is 11.3. The summed E-state index contributed by atoms with van der Waals surface area (Å²) >= 11 is 6.05. The van der Waals surface area contributed by atoms with Crippen molar-refractivity contribution >= 4 is 17.5 Å². The summed E-state index contributed by atoms with van der Waals surface area (Å²) in [6.45, 7) is 2.18. The number of aromatic nitrogens is 2. The van der Waals surface area contributed by atoms with Crippen molar-refractivity contribution in [2.24, 2.45) is 0 Å². The molecule has 0 atom stereocenters. The fourth-order valence-electron chi connectivity index (χ4n) is 1.57. The maximum absolute atomic E-state index is 11.3. The molecule has 0 saturated heterocycles. The van der Waals surface area contributed by atoms with E-state index in [0.717, 1.165) is 6.42 Å². The van der Waals surface area contributed by atoms with Gasteiger partial charge >= 0.3 is 0 Å². The Kier molecular flexibility index (Phi) is 4.52. The molecule has 0 saturated carbocycles. The van der Waals surface area contributed by atoms with E-state index >= 15 is 0 Å². The average molecular weight is 280 g/mol. The summed E-state index contributed by atoms with van der Waals surface area (Å²) in [5.41, 5.74) is 0.707. The molecular formula is C13H14ClN3O2. The van der Waals surface area contributed by atoms with Crippen LogP contribution in [0.15, 0.2) is 28.8 Å². The number of hydrogen-bond acceptors (Lipinski definition) is 4. The molecule has 1 amide bonds. The normalized spacial score (nSPS) is 10.4. The van der Waals surface area contributed by atoms with Gasteiger partial charge in [0.05, 0.1) is 11.6 Å². The second-order valence-corrected chi connectivity index (χ2v) is 4.43. The fraction of sp³-hybridized carbons (Fsp3) is 0.308. The zero-order chi connectivity index (χ0) is 13.7. The maximum Gasteiger partial charge on any atom is 0.246 e. The largest absolute Gasteiger partial charge is 0.347 e. The molecule has 1 heterocycles. The Morgan fingerprint density at radius 3 is 2.95 bits per heavy atom. The zero-order valence-electron chi connectivity index (χ0n) is 10.5.